The van der Waals surface area contributed by atoms with Gasteiger partial charge < -0.3 is 21.4 Å². The Balaban J connectivity index is 0.000000615. The van der Waals surface area contributed by atoms with E-state index in [1.165, 1.54) is 19.3 Å². The summed E-state index contributed by atoms with van der Waals surface area (Å²) in [6, 6.07) is 6.20. The van der Waals surface area contributed by atoms with Gasteiger partial charge in [0.15, 0.2) is 0 Å². The van der Waals surface area contributed by atoms with Crippen molar-refractivity contribution in [2.45, 2.75) is 58.9 Å². The Labute approximate surface area is 155 Å². The van der Waals surface area contributed by atoms with Crippen LogP contribution >= 0.6 is 0 Å². The van der Waals surface area contributed by atoms with Gasteiger partial charge in [0.05, 0.1) is 0 Å². The predicted molar refractivity (Wildman–Crippen MR) is 108 cm³/mol. The largest absolute Gasteiger partial charge is 0.385 e. The Morgan fingerprint density at radius 1 is 1.23 bits per heavy atom. The monoisotopic (exact) mass is 360 g/mol. The summed E-state index contributed by atoms with van der Waals surface area (Å²) in [6.45, 7) is 5.99. The molecular formula is C20H32N4O2. The van der Waals surface area contributed by atoms with Gasteiger partial charge in [-0.2, -0.15) is 0 Å². The molecule has 26 heavy (non-hydrogen) atoms. The quantitative estimate of drug-likeness (QED) is 0.713. The van der Waals surface area contributed by atoms with E-state index in [1.807, 2.05) is 50.9 Å². The predicted octanol–water partition coefficient (Wildman–Crippen LogP) is 3.59. The molecule has 6 heteroatoms. The number of nitrogen functional groups attached to an aromatic ring is 1. The fourth-order valence-electron chi connectivity index (χ4n) is 3.33. The van der Waals surface area contributed by atoms with E-state index in [9.17, 15) is 4.79 Å². The molecule has 1 aliphatic rings. The first-order valence-electron chi connectivity index (χ1n) is 9.30. The number of aromatic amines is 1. The second-order valence-electron chi connectivity index (χ2n) is 6.27. The van der Waals surface area contributed by atoms with Crippen molar-refractivity contribution in [1.82, 2.24) is 9.88 Å². The summed E-state index contributed by atoms with van der Waals surface area (Å²) in [5.74, 6) is 0.782. The van der Waals surface area contributed by atoms with E-state index < -0.39 is 0 Å². The van der Waals surface area contributed by atoms with Crippen molar-refractivity contribution in [3.63, 3.8) is 0 Å². The van der Waals surface area contributed by atoms with E-state index in [0.29, 0.717) is 11.9 Å². The highest BCUT2D eigenvalue weighted by Gasteiger charge is 2.23. The third-order valence-corrected chi connectivity index (χ3v) is 4.79. The average Bonchev–Trinajstić information content (AvgIpc) is 2.97. The number of aryl methyl sites for hydroxylation is 1. The summed E-state index contributed by atoms with van der Waals surface area (Å²) in [5, 5.41) is 1.09. The third-order valence-electron chi connectivity index (χ3n) is 4.79. The SMILES string of the molecule is CC.Cc1c(N)[nH]c2cc(C(=O)N(C)C3CCCCC3)ccc12.NC=O. The van der Waals surface area contributed by atoms with Crippen LogP contribution in [0.1, 0.15) is 61.9 Å². The molecule has 144 valence electrons. The topological polar surface area (TPSA) is 105 Å². The van der Waals surface area contributed by atoms with Crippen LogP contribution in [0, 0.1) is 6.92 Å². The van der Waals surface area contributed by atoms with E-state index in [0.717, 1.165) is 34.9 Å². The highest BCUT2D eigenvalue weighted by atomic mass is 16.2. The van der Waals surface area contributed by atoms with E-state index in [1.54, 1.807) is 0 Å². The van der Waals surface area contributed by atoms with Gasteiger partial charge in [0, 0.05) is 29.6 Å². The van der Waals surface area contributed by atoms with Gasteiger partial charge in [-0.1, -0.05) is 39.2 Å². The van der Waals surface area contributed by atoms with Crippen molar-refractivity contribution in [2.75, 3.05) is 12.8 Å². The van der Waals surface area contributed by atoms with Crippen LogP contribution in [0.25, 0.3) is 10.9 Å². The fourth-order valence-corrected chi connectivity index (χ4v) is 3.33. The van der Waals surface area contributed by atoms with Gasteiger partial charge in [-0.25, -0.2) is 0 Å². The van der Waals surface area contributed by atoms with Crippen LogP contribution in [0.3, 0.4) is 0 Å². The maximum atomic E-state index is 12.7. The number of H-pyrrole nitrogens is 1. The van der Waals surface area contributed by atoms with Gasteiger partial charge in [-0.3, -0.25) is 9.59 Å². The van der Waals surface area contributed by atoms with Crippen molar-refractivity contribution in [3.8, 4) is 0 Å². The Bertz CT molecular complexity index is 718. The minimum Gasteiger partial charge on any atom is -0.385 e. The van der Waals surface area contributed by atoms with Crippen LogP contribution in [0.15, 0.2) is 18.2 Å². The van der Waals surface area contributed by atoms with E-state index in [-0.39, 0.29) is 12.3 Å². The number of hydrogen-bond acceptors (Lipinski definition) is 3. The number of aromatic nitrogens is 1. The number of nitrogens with one attached hydrogen (secondary N) is 1. The molecule has 1 fully saturated rings. The third kappa shape index (κ3) is 5.00. The zero-order valence-corrected chi connectivity index (χ0v) is 16.3. The zero-order valence-electron chi connectivity index (χ0n) is 16.3. The summed E-state index contributed by atoms with van der Waals surface area (Å²) in [5.41, 5.74) is 12.8. The normalized spacial score (nSPS) is 13.8. The lowest BCUT2D eigenvalue weighted by molar-refractivity contribution is -0.106. The zero-order chi connectivity index (χ0) is 19.7. The number of rotatable bonds is 2. The van der Waals surface area contributed by atoms with Crippen LogP contribution in [0.2, 0.25) is 0 Å². The highest BCUT2D eigenvalue weighted by molar-refractivity contribution is 5.99. The maximum Gasteiger partial charge on any atom is 0.253 e. The van der Waals surface area contributed by atoms with Crippen molar-refractivity contribution in [3.05, 3.63) is 29.3 Å². The van der Waals surface area contributed by atoms with E-state index in [2.05, 4.69) is 10.7 Å². The second-order valence-corrected chi connectivity index (χ2v) is 6.27. The number of anilines is 1. The lowest BCUT2D eigenvalue weighted by atomic mass is 9.94. The first-order chi connectivity index (χ1) is 12.5. The number of hydrogen-bond donors (Lipinski definition) is 3. The number of carbonyl (C=O) groups is 2. The highest BCUT2D eigenvalue weighted by Crippen LogP contribution is 2.26. The Hall–Kier alpha value is -2.50. The first kappa shape index (κ1) is 21.5. The number of fused-ring (bicyclic) bond motifs is 1. The molecule has 1 aromatic carbocycles. The van der Waals surface area contributed by atoms with Gasteiger partial charge in [0.1, 0.15) is 5.82 Å². The summed E-state index contributed by atoms with van der Waals surface area (Å²) < 4.78 is 0. The van der Waals surface area contributed by atoms with E-state index in [4.69, 9.17) is 10.5 Å². The molecule has 0 radical (unpaired) electrons. The molecule has 0 unspecified atom stereocenters. The summed E-state index contributed by atoms with van der Waals surface area (Å²) in [4.78, 5) is 26.3. The molecule has 2 aromatic rings. The first-order valence-corrected chi connectivity index (χ1v) is 9.30. The minimum atomic E-state index is 0.106. The van der Waals surface area contributed by atoms with Crippen molar-refractivity contribution in [1.29, 1.82) is 0 Å². The fraction of sp³-hybridized carbons (Fsp3) is 0.500. The van der Waals surface area contributed by atoms with Crippen LogP contribution < -0.4 is 11.5 Å². The van der Waals surface area contributed by atoms with Gasteiger partial charge in [0.25, 0.3) is 5.91 Å². The molecule has 5 N–H and O–H groups in total. The van der Waals surface area contributed by atoms with Gasteiger partial charge in [-0.15, -0.1) is 0 Å². The lowest BCUT2D eigenvalue weighted by Crippen LogP contribution is -2.38. The molecule has 1 aliphatic carbocycles. The number of carbonyl (C=O) groups excluding carboxylic acids is 2. The second kappa shape index (κ2) is 10.5. The molecule has 1 heterocycles. The molecule has 0 saturated heterocycles. The molecule has 2 amide bonds. The van der Waals surface area contributed by atoms with Crippen molar-refractivity contribution in [2.24, 2.45) is 5.73 Å². The van der Waals surface area contributed by atoms with E-state index >= 15 is 0 Å². The molecule has 0 bridgehead atoms. The van der Waals surface area contributed by atoms with Crippen molar-refractivity contribution >= 4 is 29.0 Å². The molecule has 0 spiro atoms. The smallest absolute Gasteiger partial charge is 0.253 e. The number of primary amides is 1. The molecule has 6 nitrogen and oxygen atoms in total. The van der Waals surface area contributed by atoms with Gasteiger partial charge in [-0.05, 0) is 37.5 Å². The summed E-state index contributed by atoms with van der Waals surface area (Å²) in [6.07, 6.45) is 6.25. The Kier molecular flexibility index (Phi) is 8.68. The summed E-state index contributed by atoms with van der Waals surface area (Å²) in [7, 11) is 1.93. The van der Waals surface area contributed by atoms with Crippen LogP contribution in [0.4, 0.5) is 5.82 Å². The Morgan fingerprint density at radius 2 is 1.81 bits per heavy atom. The molecule has 1 saturated carbocycles. The summed E-state index contributed by atoms with van der Waals surface area (Å²) >= 11 is 0. The molecule has 1 aromatic heterocycles. The number of nitrogens with zero attached hydrogens (tertiary/aromatic N) is 1. The molecule has 3 rings (SSSR count). The number of amides is 2. The van der Waals surface area contributed by atoms with Crippen molar-refractivity contribution < 1.29 is 9.59 Å². The van der Waals surface area contributed by atoms with Gasteiger partial charge in [0.2, 0.25) is 6.41 Å². The standard InChI is InChI=1S/C17H23N3O.C2H6.CH3NO/c1-11-14-9-8-12(10-15(14)19-16(11)18)17(21)20(2)13-6-4-3-5-7-13;1-2;2-1-3/h8-10,13,19H,3-7,18H2,1-2H3;1-2H3;1H,(H2,2,3). The number of nitrogens with two attached hydrogens (primary N) is 2. The number of benzene rings is 1. The molecular weight excluding hydrogens is 328 g/mol. The minimum absolute atomic E-state index is 0.106. The van der Waals surface area contributed by atoms with Gasteiger partial charge >= 0.3 is 0 Å². The Morgan fingerprint density at radius 3 is 2.38 bits per heavy atom. The van der Waals surface area contributed by atoms with Crippen LogP contribution in [-0.2, 0) is 4.79 Å². The van der Waals surface area contributed by atoms with Crippen LogP contribution in [-0.4, -0.2) is 35.3 Å². The molecule has 0 atom stereocenters. The lowest BCUT2D eigenvalue weighted by Gasteiger charge is -2.31. The maximum absolute atomic E-state index is 12.7. The average molecular weight is 361 g/mol. The molecule has 0 aliphatic heterocycles. The van der Waals surface area contributed by atoms with Crippen LogP contribution in [0.5, 0.6) is 0 Å².